The lowest BCUT2D eigenvalue weighted by Crippen LogP contribution is -2.14. The smallest absolute Gasteiger partial charge is 0.282 e. The predicted molar refractivity (Wildman–Crippen MR) is 69.1 cm³/mol. The summed E-state index contributed by atoms with van der Waals surface area (Å²) in [7, 11) is 0. The molecule has 6 nitrogen and oxygen atoms in total. The molecule has 0 heterocycles. The number of amides is 1. The van der Waals surface area contributed by atoms with Crippen molar-refractivity contribution in [3.63, 3.8) is 0 Å². The Morgan fingerprint density at radius 2 is 1.76 bits per heavy atom. The van der Waals surface area contributed by atoms with Crippen molar-refractivity contribution in [2.45, 2.75) is 0 Å². The predicted octanol–water partition coefficient (Wildman–Crippen LogP) is 2.83. The minimum Gasteiger partial charge on any atom is -0.508 e. The van der Waals surface area contributed by atoms with Gasteiger partial charge in [0.2, 0.25) is 0 Å². The molecule has 0 aliphatic rings. The van der Waals surface area contributed by atoms with E-state index < -0.39 is 33.7 Å². The fraction of sp³-hybridized carbons (Fsp3) is 0. The number of nitro groups is 1. The number of hydrogen-bond donors (Lipinski definition) is 2. The molecule has 0 spiro atoms. The standard InChI is InChI=1S/C13H8F2N2O4/c14-7-3-8(15)5-9(4-7)16-13(19)11-6-10(18)1-2-12(11)17(20)21/h1-6,18H,(H,16,19). The Morgan fingerprint density at radius 3 is 2.33 bits per heavy atom. The number of nitro benzene ring substituents is 1. The van der Waals surface area contributed by atoms with E-state index in [0.29, 0.717) is 6.07 Å². The van der Waals surface area contributed by atoms with Gasteiger partial charge in [-0.1, -0.05) is 0 Å². The largest absolute Gasteiger partial charge is 0.508 e. The average molecular weight is 294 g/mol. The molecule has 2 aromatic carbocycles. The van der Waals surface area contributed by atoms with Crippen molar-refractivity contribution in [3.05, 3.63) is 63.7 Å². The van der Waals surface area contributed by atoms with Crippen LogP contribution in [-0.2, 0) is 0 Å². The number of rotatable bonds is 3. The third kappa shape index (κ3) is 3.30. The highest BCUT2D eigenvalue weighted by molar-refractivity contribution is 6.07. The Morgan fingerprint density at radius 1 is 1.14 bits per heavy atom. The second-order valence-corrected chi connectivity index (χ2v) is 4.07. The van der Waals surface area contributed by atoms with Crippen LogP contribution in [0.1, 0.15) is 10.4 Å². The highest BCUT2D eigenvalue weighted by atomic mass is 19.1. The van der Waals surface area contributed by atoms with Crippen molar-refractivity contribution in [2.24, 2.45) is 0 Å². The topological polar surface area (TPSA) is 92.5 Å². The second-order valence-electron chi connectivity index (χ2n) is 4.07. The van der Waals surface area contributed by atoms with E-state index in [0.717, 1.165) is 30.3 Å². The molecular weight excluding hydrogens is 286 g/mol. The lowest BCUT2D eigenvalue weighted by Gasteiger charge is -2.06. The van der Waals surface area contributed by atoms with Crippen molar-refractivity contribution in [1.29, 1.82) is 0 Å². The van der Waals surface area contributed by atoms with Gasteiger partial charge in [-0.3, -0.25) is 14.9 Å². The quantitative estimate of drug-likeness (QED) is 0.672. The van der Waals surface area contributed by atoms with Crippen molar-refractivity contribution in [1.82, 2.24) is 0 Å². The molecule has 2 N–H and O–H groups in total. The van der Waals surface area contributed by atoms with E-state index in [4.69, 9.17) is 0 Å². The highest BCUT2D eigenvalue weighted by Crippen LogP contribution is 2.24. The summed E-state index contributed by atoms with van der Waals surface area (Å²) < 4.78 is 26.0. The van der Waals surface area contributed by atoms with Gasteiger partial charge in [-0.15, -0.1) is 0 Å². The molecule has 108 valence electrons. The zero-order chi connectivity index (χ0) is 15.6. The van der Waals surface area contributed by atoms with Gasteiger partial charge in [0.15, 0.2) is 0 Å². The van der Waals surface area contributed by atoms with Gasteiger partial charge in [0.05, 0.1) is 4.92 Å². The van der Waals surface area contributed by atoms with Crippen LogP contribution < -0.4 is 5.32 Å². The van der Waals surface area contributed by atoms with Crippen LogP contribution in [0.15, 0.2) is 36.4 Å². The van der Waals surface area contributed by atoms with Gasteiger partial charge in [0.25, 0.3) is 11.6 Å². The summed E-state index contributed by atoms with van der Waals surface area (Å²) in [6.45, 7) is 0. The number of phenolic OH excluding ortho intramolecular Hbond substituents is 1. The Hall–Kier alpha value is -3.03. The summed E-state index contributed by atoms with van der Waals surface area (Å²) in [4.78, 5) is 22.0. The van der Waals surface area contributed by atoms with Crippen molar-refractivity contribution < 1.29 is 23.6 Å². The summed E-state index contributed by atoms with van der Waals surface area (Å²) >= 11 is 0. The van der Waals surface area contributed by atoms with Crippen LogP contribution in [0.2, 0.25) is 0 Å². The van der Waals surface area contributed by atoms with Crippen LogP contribution in [-0.4, -0.2) is 15.9 Å². The average Bonchev–Trinajstić information content (AvgIpc) is 2.36. The number of benzene rings is 2. The molecule has 0 unspecified atom stereocenters. The summed E-state index contributed by atoms with van der Waals surface area (Å²) in [5, 5.41) is 22.2. The van der Waals surface area contributed by atoms with Gasteiger partial charge in [-0.2, -0.15) is 0 Å². The van der Waals surface area contributed by atoms with E-state index in [9.17, 15) is 28.8 Å². The number of phenols is 1. The molecule has 21 heavy (non-hydrogen) atoms. The van der Waals surface area contributed by atoms with E-state index >= 15 is 0 Å². The molecule has 0 aliphatic carbocycles. The van der Waals surface area contributed by atoms with Gasteiger partial charge in [0, 0.05) is 17.8 Å². The van der Waals surface area contributed by atoms with Crippen LogP contribution in [0.4, 0.5) is 20.2 Å². The van der Waals surface area contributed by atoms with Crippen molar-refractivity contribution in [2.75, 3.05) is 5.32 Å². The van der Waals surface area contributed by atoms with Gasteiger partial charge >= 0.3 is 0 Å². The van der Waals surface area contributed by atoms with Gasteiger partial charge in [0.1, 0.15) is 22.9 Å². The third-order valence-electron chi connectivity index (χ3n) is 2.54. The van der Waals surface area contributed by atoms with Gasteiger partial charge < -0.3 is 10.4 Å². The van der Waals surface area contributed by atoms with Crippen LogP contribution in [0.5, 0.6) is 5.75 Å². The lowest BCUT2D eigenvalue weighted by atomic mass is 10.1. The maximum atomic E-state index is 13.0. The minimum absolute atomic E-state index is 0.199. The van der Waals surface area contributed by atoms with E-state index in [1.54, 1.807) is 0 Å². The van der Waals surface area contributed by atoms with Crippen LogP contribution in [0, 0.1) is 21.7 Å². The van der Waals surface area contributed by atoms with Crippen molar-refractivity contribution in [3.8, 4) is 5.75 Å². The molecule has 0 saturated carbocycles. The zero-order valence-electron chi connectivity index (χ0n) is 10.3. The summed E-state index contributed by atoms with van der Waals surface area (Å²) in [5.74, 6) is -3.13. The lowest BCUT2D eigenvalue weighted by molar-refractivity contribution is -0.385. The van der Waals surface area contributed by atoms with Crippen LogP contribution in [0.3, 0.4) is 0 Å². The summed E-state index contributed by atoms with van der Waals surface area (Å²) in [5.41, 5.74) is -1.16. The number of hydrogen-bond acceptors (Lipinski definition) is 4. The second kappa shape index (κ2) is 5.53. The van der Waals surface area contributed by atoms with Gasteiger partial charge in [-0.25, -0.2) is 8.78 Å². The first-order chi connectivity index (χ1) is 9.86. The van der Waals surface area contributed by atoms with Crippen LogP contribution >= 0.6 is 0 Å². The minimum atomic E-state index is -0.970. The maximum absolute atomic E-state index is 13.0. The Balaban J connectivity index is 2.36. The maximum Gasteiger partial charge on any atom is 0.282 e. The number of halogens is 2. The third-order valence-corrected chi connectivity index (χ3v) is 2.54. The molecule has 1 amide bonds. The number of carbonyl (C=O) groups excluding carboxylic acids is 1. The molecule has 0 aromatic heterocycles. The van der Waals surface area contributed by atoms with E-state index in [2.05, 4.69) is 5.32 Å². The Labute approximate surface area is 116 Å². The Bertz CT molecular complexity index is 714. The Kier molecular flexibility index (Phi) is 3.79. The normalized spacial score (nSPS) is 10.2. The molecular formula is C13H8F2N2O4. The summed E-state index contributed by atoms with van der Waals surface area (Å²) in [6, 6.07) is 5.23. The molecule has 0 atom stereocenters. The number of anilines is 1. The fourth-order valence-corrected chi connectivity index (χ4v) is 1.69. The first-order valence-electron chi connectivity index (χ1n) is 5.61. The van der Waals surface area contributed by atoms with Crippen LogP contribution in [0.25, 0.3) is 0 Å². The number of nitrogens with zero attached hydrogens (tertiary/aromatic N) is 1. The SMILES string of the molecule is O=C(Nc1cc(F)cc(F)c1)c1cc(O)ccc1[N+](=O)[O-]. The zero-order valence-corrected chi connectivity index (χ0v) is 10.3. The highest BCUT2D eigenvalue weighted by Gasteiger charge is 2.21. The van der Waals surface area contributed by atoms with E-state index in [-0.39, 0.29) is 11.4 Å². The van der Waals surface area contributed by atoms with E-state index in [1.165, 1.54) is 0 Å². The van der Waals surface area contributed by atoms with Crippen molar-refractivity contribution >= 4 is 17.3 Å². The number of nitrogens with one attached hydrogen (secondary N) is 1. The molecule has 0 radical (unpaired) electrons. The molecule has 0 fully saturated rings. The summed E-state index contributed by atoms with van der Waals surface area (Å²) in [6.07, 6.45) is 0. The van der Waals surface area contributed by atoms with Gasteiger partial charge in [-0.05, 0) is 24.3 Å². The molecule has 0 bridgehead atoms. The molecule has 2 aromatic rings. The molecule has 8 heteroatoms. The monoisotopic (exact) mass is 294 g/mol. The first-order valence-corrected chi connectivity index (χ1v) is 5.61. The first kappa shape index (κ1) is 14.4. The van der Waals surface area contributed by atoms with E-state index in [1.807, 2.05) is 0 Å². The molecule has 0 aliphatic heterocycles. The molecule has 2 rings (SSSR count). The number of aromatic hydroxyl groups is 1. The fourth-order valence-electron chi connectivity index (χ4n) is 1.69. The molecule has 0 saturated heterocycles. The number of carbonyl (C=O) groups is 1.